The fraction of sp³-hybridized carbons (Fsp3) is 0.375. The van der Waals surface area contributed by atoms with E-state index in [4.69, 9.17) is 0 Å². The predicted octanol–water partition coefficient (Wildman–Crippen LogP) is 5.56. The van der Waals surface area contributed by atoms with Gasteiger partial charge in [-0.3, -0.25) is 0 Å². The van der Waals surface area contributed by atoms with Crippen molar-refractivity contribution in [1.82, 2.24) is 0 Å². The highest BCUT2D eigenvalue weighted by Crippen LogP contribution is 2.37. The van der Waals surface area contributed by atoms with Crippen LogP contribution in [0.5, 0.6) is 0 Å². The largest absolute Gasteiger partial charge is 0.416 e. The number of anilines is 1. The summed E-state index contributed by atoms with van der Waals surface area (Å²) in [6, 6.07) is 6.08. The Balaban J connectivity index is 1.89. The van der Waals surface area contributed by atoms with E-state index in [1.807, 2.05) is 6.92 Å². The monoisotopic (exact) mass is 311 g/mol. The third-order valence-electron chi connectivity index (χ3n) is 3.95. The molecule has 1 aliphatic carbocycles. The molecule has 5 heteroatoms. The van der Waals surface area contributed by atoms with Gasteiger partial charge in [-0.1, -0.05) is 6.07 Å². The molecule has 1 aromatic carbocycles. The van der Waals surface area contributed by atoms with E-state index in [2.05, 4.69) is 16.8 Å². The number of fused-ring (bicyclic) bond motifs is 1. The zero-order valence-corrected chi connectivity index (χ0v) is 12.4. The summed E-state index contributed by atoms with van der Waals surface area (Å²) in [7, 11) is 0. The van der Waals surface area contributed by atoms with Gasteiger partial charge in [0, 0.05) is 10.6 Å². The number of benzene rings is 1. The molecular weight excluding hydrogens is 295 g/mol. The van der Waals surface area contributed by atoms with Gasteiger partial charge in [0.25, 0.3) is 0 Å². The van der Waals surface area contributed by atoms with E-state index in [9.17, 15) is 13.2 Å². The summed E-state index contributed by atoms with van der Waals surface area (Å²) in [6.07, 6.45) is -1.19. The average Bonchev–Trinajstić information content (AvgIpc) is 2.89. The third kappa shape index (κ3) is 2.93. The molecule has 0 bridgehead atoms. The maximum absolute atomic E-state index is 12.8. The number of aryl methyl sites for hydroxylation is 2. The van der Waals surface area contributed by atoms with Gasteiger partial charge in [0.15, 0.2) is 0 Å². The lowest BCUT2D eigenvalue weighted by molar-refractivity contribution is -0.137. The number of halogens is 3. The van der Waals surface area contributed by atoms with Gasteiger partial charge in [0.05, 0.1) is 11.6 Å². The first-order valence-corrected chi connectivity index (χ1v) is 7.84. The first-order chi connectivity index (χ1) is 9.95. The molecule has 21 heavy (non-hydrogen) atoms. The van der Waals surface area contributed by atoms with E-state index in [0.717, 1.165) is 30.9 Å². The molecule has 112 valence electrons. The molecule has 0 saturated heterocycles. The van der Waals surface area contributed by atoms with Crippen molar-refractivity contribution in [2.75, 3.05) is 5.32 Å². The van der Waals surface area contributed by atoms with E-state index in [-0.39, 0.29) is 6.04 Å². The molecule has 0 radical (unpaired) electrons. The van der Waals surface area contributed by atoms with Gasteiger partial charge in [-0.05, 0) is 60.9 Å². The van der Waals surface area contributed by atoms with E-state index >= 15 is 0 Å². The SMILES string of the molecule is Cc1ccc(C(F)(F)F)cc1NC1CCCc2sccc21. The van der Waals surface area contributed by atoms with Crippen LogP contribution in [0.25, 0.3) is 0 Å². The minimum Gasteiger partial charge on any atom is -0.378 e. The summed E-state index contributed by atoms with van der Waals surface area (Å²) in [6.45, 7) is 1.83. The smallest absolute Gasteiger partial charge is 0.378 e. The van der Waals surface area contributed by atoms with Gasteiger partial charge in [0.2, 0.25) is 0 Å². The van der Waals surface area contributed by atoms with Gasteiger partial charge < -0.3 is 5.32 Å². The lowest BCUT2D eigenvalue weighted by atomic mass is 9.93. The van der Waals surface area contributed by atoms with Crippen LogP contribution < -0.4 is 5.32 Å². The van der Waals surface area contributed by atoms with E-state index in [1.165, 1.54) is 22.6 Å². The molecule has 2 aromatic rings. The Morgan fingerprint density at radius 1 is 1.24 bits per heavy atom. The Morgan fingerprint density at radius 3 is 2.81 bits per heavy atom. The maximum Gasteiger partial charge on any atom is 0.416 e. The highest BCUT2D eigenvalue weighted by Gasteiger charge is 2.31. The standard InChI is InChI=1S/C16H16F3NS/c1-10-5-6-11(16(17,18)19)9-14(10)20-13-3-2-4-15-12(13)7-8-21-15/h5-9,13,20H,2-4H2,1H3. The molecule has 3 rings (SSSR count). The van der Waals surface area contributed by atoms with Crippen molar-refractivity contribution in [2.24, 2.45) is 0 Å². The molecule has 0 aliphatic heterocycles. The van der Waals surface area contributed by atoms with Crippen LogP contribution in [0.15, 0.2) is 29.6 Å². The van der Waals surface area contributed by atoms with Crippen molar-refractivity contribution in [3.63, 3.8) is 0 Å². The summed E-state index contributed by atoms with van der Waals surface area (Å²) in [5.41, 5.74) is 2.05. The highest BCUT2D eigenvalue weighted by molar-refractivity contribution is 7.10. The minimum atomic E-state index is -4.30. The Kier molecular flexibility index (Phi) is 3.69. The van der Waals surface area contributed by atoms with Gasteiger partial charge in [-0.15, -0.1) is 11.3 Å². The van der Waals surface area contributed by atoms with Crippen LogP contribution in [0.2, 0.25) is 0 Å². The summed E-state index contributed by atoms with van der Waals surface area (Å²) >= 11 is 1.73. The molecule has 1 atom stereocenters. The summed E-state index contributed by atoms with van der Waals surface area (Å²) < 4.78 is 38.5. The second-order valence-electron chi connectivity index (χ2n) is 5.42. The van der Waals surface area contributed by atoms with Crippen molar-refractivity contribution in [2.45, 2.75) is 38.4 Å². The molecular formula is C16H16F3NS. The lowest BCUT2D eigenvalue weighted by Crippen LogP contribution is -2.17. The molecule has 1 aromatic heterocycles. The second kappa shape index (κ2) is 5.37. The number of nitrogens with one attached hydrogen (secondary N) is 1. The van der Waals surface area contributed by atoms with E-state index < -0.39 is 11.7 Å². The molecule has 1 unspecified atom stereocenters. The number of thiophene rings is 1. The molecule has 1 aliphatic rings. The zero-order valence-electron chi connectivity index (χ0n) is 11.6. The van der Waals surface area contributed by atoms with Crippen LogP contribution in [0.4, 0.5) is 18.9 Å². The number of hydrogen-bond acceptors (Lipinski definition) is 2. The van der Waals surface area contributed by atoms with Crippen LogP contribution in [0.3, 0.4) is 0 Å². The number of hydrogen-bond donors (Lipinski definition) is 1. The minimum absolute atomic E-state index is 0.113. The highest BCUT2D eigenvalue weighted by atomic mass is 32.1. The van der Waals surface area contributed by atoms with Crippen molar-refractivity contribution in [3.8, 4) is 0 Å². The zero-order chi connectivity index (χ0) is 15.0. The Labute approximate surface area is 125 Å². The molecule has 1 nitrogen and oxygen atoms in total. The maximum atomic E-state index is 12.8. The molecule has 1 N–H and O–H groups in total. The Morgan fingerprint density at radius 2 is 2.05 bits per heavy atom. The van der Waals surface area contributed by atoms with Gasteiger partial charge in [-0.25, -0.2) is 0 Å². The fourth-order valence-electron chi connectivity index (χ4n) is 2.78. The van der Waals surface area contributed by atoms with Crippen molar-refractivity contribution < 1.29 is 13.2 Å². The predicted molar refractivity (Wildman–Crippen MR) is 79.8 cm³/mol. The lowest BCUT2D eigenvalue weighted by Gasteiger charge is -2.26. The van der Waals surface area contributed by atoms with Gasteiger partial charge >= 0.3 is 6.18 Å². The van der Waals surface area contributed by atoms with Gasteiger partial charge in [0.1, 0.15) is 0 Å². The third-order valence-corrected chi connectivity index (χ3v) is 4.94. The molecule has 1 heterocycles. The van der Waals surface area contributed by atoms with E-state index in [1.54, 1.807) is 11.3 Å². The molecule has 0 saturated carbocycles. The molecule has 0 spiro atoms. The number of alkyl halides is 3. The van der Waals surface area contributed by atoms with Crippen molar-refractivity contribution >= 4 is 17.0 Å². The first kappa shape index (κ1) is 14.4. The summed E-state index contributed by atoms with van der Waals surface area (Å²) in [5, 5.41) is 5.37. The van der Waals surface area contributed by atoms with Crippen molar-refractivity contribution in [1.29, 1.82) is 0 Å². The summed E-state index contributed by atoms with van der Waals surface area (Å²) in [5.74, 6) is 0. The van der Waals surface area contributed by atoms with Crippen LogP contribution >= 0.6 is 11.3 Å². The van der Waals surface area contributed by atoms with Crippen molar-refractivity contribution in [3.05, 3.63) is 51.2 Å². The molecule has 0 amide bonds. The number of rotatable bonds is 2. The quantitative estimate of drug-likeness (QED) is 0.765. The normalized spacial score (nSPS) is 18.4. The van der Waals surface area contributed by atoms with E-state index in [0.29, 0.717) is 5.69 Å². The van der Waals surface area contributed by atoms with Crippen LogP contribution in [0.1, 0.15) is 40.5 Å². The van der Waals surface area contributed by atoms with Crippen LogP contribution in [-0.2, 0) is 12.6 Å². The Bertz CT molecular complexity index is 645. The van der Waals surface area contributed by atoms with Crippen LogP contribution in [-0.4, -0.2) is 0 Å². The first-order valence-electron chi connectivity index (χ1n) is 6.96. The Hall–Kier alpha value is -1.49. The fourth-order valence-corrected chi connectivity index (χ4v) is 3.77. The van der Waals surface area contributed by atoms with Gasteiger partial charge in [-0.2, -0.15) is 13.2 Å². The molecule has 0 fully saturated rings. The van der Waals surface area contributed by atoms with Crippen LogP contribution in [0, 0.1) is 6.92 Å². The topological polar surface area (TPSA) is 12.0 Å². The average molecular weight is 311 g/mol. The second-order valence-corrected chi connectivity index (χ2v) is 6.42. The summed E-state index contributed by atoms with van der Waals surface area (Å²) in [4.78, 5) is 1.35.